The third-order valence-electron chi connectivity index (χ3n) is 5.30. The molecule has 0 bridgehead atoms. The number of para-hydroxylation sites is 1. The molecule has 27 heavy (non-hydrogen) atoms. The highest BCUT2D eigenvalue weighted by molar-refractivity contribution is 5.89. The van der Waals surface area contributed by atoms with Crippen molar-refractivity contribution in [2.24, 2.45) is 5.92 Å². The zero-order valence-electron chi connectivity index (χ0n) is 15.0. The molecular weight excluding hydrogens is 340 g/mol. The van der Waals surface area contributed by atoms with E-state index in [2.05, 4.69) is 6.07 Å². The van der Waals surface area contributed by atoms with E-state index < -0.39 is 11.9 Å². The van der Waals surface area contributed by atoms with Crippen LogP contribution in [0.1, 0.15) is 12.8 Å². The van der Waals surface area contributed by atoms with Gasteiger partial charge in [0, 0.05) is 29.7 Å². The highest BCUT2D eigenvalue weighted by Gasteiger charge is 2.28. The van der Waals surface area contributed by atoms with Crippen LogP contribution in [0.25, 0.3) is 22.2 Å². The van der Waals surface area contributed by atoms with E-state index in [0.29, 0.717) is 19.5 Å². The molecule has 4 rings (SSSR count). The van der Waals surface area contributed by atoms with Gasteiger partial charge in [0.1, 0.15) is 6.54 Å². The van der Waals surface area contributed by atoms with Gasteiger partial charge in [-0.3, -0.25) is 9.59 Å². The Labute approximate surface area is 157 Å². The molecular formula is C22H22N2O3. The van der Waals surface area contributed by atoms with Crippen molar-refractivity contribution in [2.75, 3.05) is 13.1 Å². The number of carbonyl (C=O) groups is 2. The molecule has 2 heterocycles. The number of amides is 1. The predicted octanol–water partition coefficient (Wildman–Crippen LogP) is 3.63. The number of aliphatic carboxylic acids is 1. The van der Waals surface area contributed by atoms with Gasteiger partial charge in [-0.05, 0) is 30.5 Å². The van der Waals surface area contributed by atoms with E-state index >= 15 is 0 Å². The van der Waals surface area contributed by atoms with Crippen molar-refractivity contribution in [2.45, 2.75) is 19.4 Å². The van der Waals surface area contributed by atoms with Crippen LogP contribution >= 0.6 is 0 Å². The average Bonchev–Trinajstić information content (AvgIpc) is 3.07. The van der Waals surface area contributed by atoms with Gasteiger partial charge in [0.15, 0.2) is 0 Å². The number of nitrogens with zero attached hydrogens (tertiary/aromatic N) is 2. The molecule has 0 unspecified atom stereocenters. The van der Waals surface area contributed by atoms with E-state index in [1.54, 1.807) is 4.90 Å². The molecule has 1 aromatic heterocycles. The van der Waals surface area contributed by atoms with Crippen molar-refractivity contribution in [1.82, 2.24) is 9.47 Å². The Morgan fingerprint density at radius 2 is 1.78 bits per heavy atom. The summed E-state index contributed by atoms with van der Waals surface area (Å²) in [5.74, 6) is -1.30. The lowest BCUT2D eigenvalue weighted by Crippen LogP contribution is -2.43. The zero-order chi connectivity index (χ0) is 18.8. The summed E-state index contributed by atoms with van der Waals surface area (Å²) >= 11 is 0. The van der Waals surface area contributed by atoms with Crippen molar-refractivity contribution in [3.8, 4) is 11.3 Å². The minimum atomic E-state index is -0.816. The van der Waals surface area contributed by atoms with E-state index in [4.69, 9.17) is 0 Å². The van der Waals surface area contributed by atoms with E-state index in [1.165, 1.54) is 0 Å². The van der Waals surface area contributed by atoms with Gasteiger partial charge in [-0.25, -0.2) is 0 Å². The summed E-state index contributed by atoms with van der Waals surface area (Å²) in [5, 5.41) is 10.4. The van der Waals surface area contributed by atoms with Crippen molar-refractivity contribution in [3.05, 3.63) is 60.7 Å². The zero-order valence-corrected chi connectivity index (χ0v) is 15.0. The van der Waals surface area contributed by atoms with Gasteiger partial charge in [0.25, 0.3) is 0 Å². The molecule has 1 aliphatic heterocycles. The maximum Gasteiger partial charge on any atom is 0.308 e. The summed E-state index contributed by atoms with van der Waals surface area (Å²) in [6, 6.07) is 20.2. The molecule has 3 aromatic rings. The van der Waals surface area contributed by atoms with Crippen LogP contribution in [0.3, 0.4) is 0 Å². The first kappa shape index (κ1) is 17.3. The highest BCUT2D eigenvalue weighted by atomic mass is 16.4. The fourth-order valence-corrected chi connectivity index (χ4v) is 3.87. The Balaban J connectivity index is 1.67. The first-order valence-corrected chi connectivity index (χ1v) is 9.28. The summed E-state index contributed by atoms with van der Waals surface area (Å²) in [6.07, 6.45) is 1.38. The Morgan fingerprint density at radius 1 is 1.04 bits per heavy atom. The maximum atomic E-state index is 13.0. The Morgan fingerprint density at radius 3 is 2.56 bits per heavy atom. The minimum Gasteiger partial charge on any atom is -0.481 e. The third kappa shape index (κ3) is 3.45. The molecule has 5 heteroatoms. The number of carbonyl (C=O) groups excluding carboxylic acids is 1. The number of fused-ring (bicyclic) bond motifs is 1. The third-order valence-corrected chi connectivity index (χ3v) is 5.30. The number of carboxylic acid groups (broad SMARTS) is 1. The quantitative estimate of drug-likeness (QED) is 0.771. The van der Waals surface area contributed by atoms with Gasteiger partial charge < -0.3 is 14.6 Å². The summed E-state index contributed by atoms with van der Waals surface area (Å²) in [4.78, 5) is 26.0. The summed E-state index contributed by atoms with van der Waals surface area (Å²) < 4.78 is 2.04. The van der Waals surface area contributed by atoms with Crippen molar-refractivity contribution < 1.29 is 14.7 Å². The fraction of sp³-hybridized carbons (Fsp3) is 0.273. The number of hydrogen-bond donors (Lipinski definition) is 1. The van der Waals surface area contributed by atoms with Gasteiger partial charge in [-0.1, -0.05) is 48.5 Å². The number of benzene rings is 2. The van der Waals surface area contributed by atoms with E-state index in [-0.39, 0.29) is 12.5 Å². The van der Waals surface area contributed by atoms with Crippen LogP contribution in [-0.2, 0) is 16.1 Å². The summed E-state index contributed by atoms with van der Waals surface area (Å²) in [6.45, 7) is 1.14. The van der Waals surface area contributed by atoms with Gasteiger partial charge in [0.2, 0.25) is 5.91 Å². The molecule has 0 aliphatic carbocycles. The molecule has 0 saturated carbocycles. The van der Waals surface area contributed by atoms with Gasteiger partial charge in [-0.2, -0.15) is 0 Å². The molecule has 5 nitrogen and oxygen atoms in total. The smallest absolute Gasteiger partial charge is 0.308 e. The lowest BCUT2D eigenvalue weighted by Gasteiger charge is -2.31. The standard InChI is InChI=1S/C22H22N2O3/c25-21(23-12-6-10-18(14-23)22(26)27)15-24-19-11-5-4-9-17(19)13-20(24)16-7-2-1-3-8-16/h1-5,7-9,11,13,18H,6,10,12,14-15H2,(H,26,27)/t18-/m1/s1. The van der Waals surface area contributed by atoms with Crippen LogP contribution in [0.2, 0.25) is 0 Å². The number of rotatable bonds is 4. The van der Waals surface area contributed by atoms with Crippen LogP contribution in [0.4, 0.5) is 0 Å². The fourth-order valence-electron chi connectivity index (χ4n) is 3.87. The number of hydrogen-bond acceptors (Lipinski definition) is 2. The first-order valence-electron chi connectivity index (χ1n) is 9.28. The topological polar surface area (TPSA) is 62.5 Å². The van der Waals surface area contributed by atoms with Gasteiger partial charge >= 0.3 is 5.97 Å². The number of aromatic nitrogens is 1. The molecule has 138 valence electrons. The predicted molar refractivity (Wildman–Crippen MR) is 104 cm³/mol. The minimum absolute atomic E-state index is 0.0283. The first-order chi connectivity index (χ1) is 13.1. The van der Waals surface area contributed by atoms with E-state index in [9.17, 15) is 14.7 Å². The van der Waals surface area contributed by atoms with Crippen molar-refractivity contribution >= 4 is 22.8 Å². The molecule has 1 saturated heterocycles. The van der Waals surface area contributed by atoms with Crippen LogP contribution in [0.5, 0.6) is 0 Å². The largest absolute Gasteiger partial charge is 0.481 e. The molecule has 1 amide bonds. The molecule has 1 aliphatic rings. The van der Waals surface area contributed by atoms with E-state index in [0.717, 1.165) is 28.6 Å². The Hall–Kier alpha value is -3.08. The SMILES string of the molecule is O=C(O)[C@@H]1CCCN(C(=O)Cn2c(-c3ccccc3)cc3ccccc32)C1. The lowest BCUT2D eigenvalue weighted by molar-refractivity contribution is -0.145. The molecule has 1 atom stereocenters. The summed E-state index contributed by atoms with van der Waals surface area (Å²) in [7, 11) is 0. The number of piperidine rings is 1. The normalized spacial score (nSPS) is 17.2. The Kier molecular flexibility index (Phi) is 4.67. The van der Waals surface area contributed by atoms with Gasteiger partial charge in [0.05, 0.1) is 5.92 Å². The van der Waals surface area contributed by atoms with Crippen LogP contribution < -0.4 is 0 Å². The molecule has 1 fully saturated rings. The van der Waals surface area contributed by atoms with Crippen molar-refractivity contribution in [1.29, 1.82) is 0 Å². The molecule has 0 radical (unpaired) electrons. The monoisotopic (exact) mass is 362 g/mol. The molecule has 0 spiro atoms. The van der Waals surface area contributed by atoms with Crippen LogP contribution in [-0.4, -0.2) is 39.5 Å². The van der Waals surface area contributed by atoms with Crippen LogP contribution in [0.15, 0.2) is 60.7 Å². The molecule has 2 aromatic carbocycles. The second kappa shape index (κ2) is 7.27. The number of carboxylic acids is 1. The highest BCUT2D eigenvalue weighted by Crippen LogP contribution is 2.28. The second-order valence-corrected chi connectivity index (χ2v) is 7.06. The summed E-state index contributed by atoms with van der Waals surface area (Å²) in [5.41, 5.74) is 3.07. The average molecular weight is 362 g/mol. The van der Waals surface area contributed by atoms with E-state index in [1.807, 2.05) is 59.2 Å². The Bertz CT molecular complexity index is 978. The number of likely N-dealkylation sites (tertiary alicyclic amines) is 1. The second-order valence-electron chi connectivity index (χ2n) is 7.06. The molecule has 1 N–H and O–H groups in total. The maximum absolute atomic E-state index is 13.0. The lowest BCUT2D eigenvalue weighted by atomic mass is 9.98. The van der Waals surface area contributed by atoms with Crippen LogP contribution in [0, 0.1) is 5.92 Å². The van der Waals surface area contributed by atoms with Crippen molar-refractivity contribution in [3.63, 3.8) is 0 Å². The van der Waals surface area contributed by atoms with Gasteiger partial charge in [-0.15, -0.1) is 0 Å².